The first-order valence-corrected chi connectivity index (χ1v) is 12.4. The molecule has 0 saturated heterocycles. The number of hydrogen-bond donors (Lipinski definition) is 1. The Morgan fingerprint density at radius 3 is 1.47 bits per heavy atom. The Kier molecular flexibility index (Phi) is 4.28. The van der Waals surface area contributed by atoms with Crippen molar-refractivity contribution in [2.45, 2.75) is 32.6 Å². The maximum Gasteiger partial charge on any atom is 0.261 e. The summed E-state index contributed by atoms with van der Waals surface area (Å²) >= 11 is 0. The number of nitrogens with one attached hydrogen (secondary N) is 1. The maximum absolute atomic E-state index is 13.5. The lowest BCUT2D eigenvalue weighted by Gasteiger charge is -2.29. The summed E-state index contributed by atoms with van der Waals surface area (Å²) in [5.74, 6) is -1.29. The first kappa shape index (κ1) is 21.0. The third-order valence-corrected chi connectivity index (χ3v) is 7.80. The summed E-state index contributed by atoms with van der Waals surface area (Å²) in [4.78, 5) is 53.5. The number of carbonyl (C=O) groups excluding carboxylic acids is 4. The minimum absolute atomic E-state index is 0.244. The highest BCUT2D eigenvalue weighted by molar-refractivity contribution is 6.41. The molecule has 1 N–H and O–H groups in total. The summed E-state index contributed by atoms with van der Waals surface area (Å²) in [6.45, 7) is 2.55. The molecule has 2 heterocycles. The molecule has 4 amide bonds. The molecule has 0 atom stereocenters. The normalized spacial score (nSPS) is 15.2. The second kappa shape index (κ2) is 7.34. The zero-order valence-corrected chi connectivity index (χ0v) is 19.7. The Morgan fingerprint density at radius 1 is 0.556 bits per heavy atom. The Balaban J connectivity index is 1.53. The molecule has 5 aromatic carbocycles. The van der Waals surface area contributed by atoms with Gasteiger partial charge in [-0.05, 0) is 63.0 Å². The van der Waals surface area contributed by atoms with E-state index in [2.05, 4.69) is 12.2 Å². The number of carbonyl (C=O) groups is 4. The van der Waals surface area contributed by atoms with Gasteiger partial charge in [-0.25, -0.2) is 0 Å². The summed E-state index contributed by atoms with van der Waals surface area (Å²) in [5, 5.41) is 9.09. The van der Waals surface area contributed by atoms with Gasteiger partial charge in [0.05, 0.1) is 0 Å². The van der Waals surface area contributed by atoms with Crippen LogP contribution in [0.2, 0.25) is 0 Å². The summed E-state index contributed by atoms with van der Waals surface area (Å²) in [6, 6.07) is 14.8. The molecule has 7 rings (SSSR count). The lowest BCUT2D eigenvalue weighted by atomic mass is 9.82. The molecule has 0 radical (unpaired) electrons. The van der Waals surface area contributed by atoms with Crippen molar-refractivity contribution in [2.24, 2.45) is 0 Å². The molecule has 0 unspecified atom stereocenters. The number of benzene rings is 5. The molecule has 36 heavy (non-hydrogen) atoms. The third kappa shape index (κ3) is 2.56. The van der Waals surface area contributed by atoms with Gasteiger partial charge in [0.2, 0.25) is 0 Å². The summed E-state index contributed by atoms with van der Waals surface area (Å²) < 4.78 is 0. The van der Waals surface area contributed by atoms with Crippen LogP contribution in [-0.4, -0.2) is 35.1 Å². The smallest absolute Gasteiger partial charge is 0.261 e. The van der Waals surface area contributed by atoms with Gasteiger partial charge < -0.3 is 0 Å². The van der Waals surface area contributed by atoms with E-state index in [0.717, 1.165) is 58.0 Å². The molecule has 176 valence electrons. The van der Waals surface area contributed by atoms with Crippen LogP contribution >= 0.6 is 0 Å². The fraction of sp³-hybridized carbons (Fsp3) is 0.200. The van der Waals surface area contributed by atoms with E-state index in [4.69, 9.17) is 0 Å². The van der Waals surface area contributed by atoms with E-state index in [1.54, 1.807) is 12.1 Å². The van der Waals surface area contributed by atoms with Crippen molar-refractivity contribution in [2.75, 3.05) is 6.54 Å². The number of fused-ring (bicyclic) bond motifs is 2. The van der Waals surface area contributed by atoms with E-state index in [1.165, 1.54) is 4.90 Å². The Morgan fingerprint density at radius 2 is 1.00 bits per heavy atom. The lowest BCUT2D eigenvalue weighted by Crippen LogP contribution is -2.40. The largest absolute Gasteiger partial charge is 0.288 e. The first-order chi connectivity index (χ1) is 17.5. The van der Waals surface area contributed by atoms with Gasteiger partial charge in [0.25, 0.3) is 23.6 Å². The van der Waals surface area contributed by atoms with E-state index in [1.807, 2.05) is 36.4 Å². The Bertz CT molecular complexity index is 1720. The SMILES string of the molecule is CCCCCCN1C(=O)c2ccc3c4ccc5c6c(ccc(c7ccc(c2c37)C1=O)c64)C(=O)NC5=O. The molecular formula is C30H22N2O4. The van der Waals surface area contributed by atoms with Crippen LogP contribution in [0.5, 0.6) is 0 Å². The van der Waals surface area contributed by atoms with Gasteiger partial charge in [0.15, 0.2) is 0 Å². The van der Waals surface area contributed by atoms with Gasteiger partial charge in [-0.1, -0.05) is 50.5 Å². The number of rotatable bonds is 5. The van der Waals surface area contributed by atoms with Crippen LogP contribution < -0.4 is 5.32 Å². The number of imide groups is 2. The molecule has 5 aromatic rings. The minimum Gasteiger partial charge on any atom is -0.288 e. The average Bonchev–Trinajstić information content (AvgIpc) is 2.89. The van der Waals surface area contributed by atoms with Gasteiger partial charge in [0, 0.05) is 39.6 Å². The highest BCUT2D eigenvalue weighted by atomic mass is 16.2. The van der Waals surface area contributed by atoms with E-state index >= 15 is 0 Å². The molecule has 0 saturated carbocycles. The molecule has 2 aliphatic rings. The van der Waals surface area contributed by atoms with Gasteiger partial charge in [-0.15, -0.1) is 0 Å². The van der Waals surface area contributed by atoms with Crippen LogP contribution in [0.15, 0.2) is 48.5 Å². The predicted molar refractivity (Wildman–Crippen MR) is 139 cm³/mol. The molecule has 0 fully saturated rings. The van der Waals surface area contributed by atoms with Crippen molar-refractivity contribution < 1.29 is 19.2 Å². The first-order valence-electron chi connectivity index (χ1n) is 12.4. The predicted octanol–water partition coefficient (Wildman–Crippen LogP) is 5.80. The van der Waals surface area contributed by atoms with Gasteiger partial charge in [0.1, 0.15) is 0 Å². The number of hydrogen-bond acceptors (Lipinski definition) is 4. The Hall–Kier alpha value is -4.32. The van der Waals surface area contributed by atoms with E-state index in [9.17, 15) is 19.2 Å². The highest BCUT2D eigenvalue weighted by Crippen LogP contribution is 2.45. The van der Waals surface area contributed by atoms with Crippen LogP contribution in [0.4, 0.5) is 0 Å². The molecule has 0 aromatic heterocycles. The number of nitrogens with zero attached hydrogens (tertiary/aromatic N) is 1. The van der Waals surface area contributed by atoms with Crippen molar-refractivity contribution in [1.29, 1.82) is 0 Å². The van der Waals surface area contributed by atoms with Crippen molar-refractivity contribution in [3.63, 3.8) is 0 Å². The zero-order chi connectivity index (χ0) is 24.7. The van der Waals surface area contributed by atoms with E-state index in [0.29, 0.717) is 39.6 Å². The van der Waals surface area contributed by atoms with Crippen molar-refractivity contribution >= 4 is 66.7 Å². The standard InChI is InChI=1S/C30H22N2O4/c1-2-3-4-5-14-32-29(35)21-12-8-17-15-6-10-19-25-20(28(34)31-27(19)33)11-7-16(23(15)25)18-9-13-22(30(32)36)26(21)24(17)18/h6-13H,2-5,14H2,1H3,(H,31,33,34). The maximum atomic E-state index is 13.5. The van der Waals surface area contributed by atoms with Crippen molar-refractivity contribution in [1.82, 2.24) is 10.2 Å². The highest BCUT2D eigenvalue weighted by Gasteiger charge is 2.34. The molecule has 6 nitrogen and oxygen atoms in total. The second-order valence-corrected chi connectivity index (χ2v) is 9.75. The number of amides is 4. The summed E-state index contributed by atoms with van der Waals surface area (Å²) in [6.07, 6.45) is 3.95. The van der Waals surface area contributed by atoms with Crippen LogP contribution in [0, 0.1) is 0 Å². The summed E-state index contributed by atoms with van der Waals surface area (Å²) in [5.41, 5.74) is 2.04. The fourth-order valence-electron chi connectivity index (χ4n) is 6.14. The van der Waals surface area contributed by atoms with Crippen LogP contribution in [-0.2, 0) is 0 Å². The van der Waals surface area contributed by atoms with Gasteiger partial charge in [-0.3, -0.25) is 29.4 Å². The molecule has 2 aliphatic heterocycles. The molecule has 0 aliphatic carbocycles. The second-order valence-electron chi connectivity index (χ2n) is 9.75. The van der Waals surface area contributed by atoms with Gasteiger partial charge >= 0.3 is 0 Å². The summed E-state index contributed by atoms with van der Waals surface area (Å²) in [7, 11) is 0. The molecule has 6 heteroatoms. The van der Waals surface area contributed by atoms with Crippen LogP contribution in [0.25, 0.3) is 43.1 Å². The van der Waals surface area contributed by atoms with Gasteiger partial charge in [-0.2, -0.15) is 0 Å². The van der Waals surface area contributed by atoms with Crippen LogP contribution in [0.1, 0.15) is 74.0 Å². The average molecular weight is 475 g/mol. The molecule has 0 bridgehead atoms. The Labute approximate surface area is 206 Å². The molecule has 0 spiro atoms. The van der Waals surface area contributed by atoms with E-state index < -0.39 is 11.8 Å². The number of unbranched alkanes of at least 4 members (excludes halogenated alkanes) is 3. The van der Waals surface area contributed by atoms with Crippen molar-refractivity contribution in [3.8, 4) is 0 Å². The third-order valence-electron chi connectivity index (χ3n) is 7.80. The lowest BCUT2D eigenvalue weighted by molar-refractivity contribution is 0.0607. The van der Waals surface area contributed by atoms with Crippen LogP contribution in [0.3, 0.4) is 0 Å². The van der Waals surface area contributed by atoms with E-state index in [-0.39, 0.29) is 11.8 Å². The minimum atomic E-state index is -0.400. The quantitative estimate of drug-likeness (QED) is 0.151. The topological polar surface area (TPSA) is 83.6 Å². The zero-order valence-electron chi connectivity index (χ0n) is 19.7. The van der Waals surface area contributed by atoms with Crippen molar-refractivity contribution in [3.05, 3.63) is 70.8 Å². The molecular weight excluding hydrogens is 452 g/mol. The monoisotopic (exact) mass is 474 g/mol. The fourth-order valence-corrected chi connectivity index (χ4v) is 6.14.